The third-order valence-electron chi connectivity index (χ3n) is 16.2. The average molecular weight is 1550 g/mol. The average Bonchev–Trinajstić information content (AvgIpc) is 0.863. The van der Waals surface area contributed by atoms with Gasteiger partial charge in [-0.2, -0.15) is 0 Å². The number of nitrogens with zero attached hydrogens (tertiary/aromatic N) is 2. The number of aliphatic carboxylic acids is 2. The van der Waals surface area contributed by atoms with Crippen molar-refractivity contribution in [1.82, 2.24) is 20.3 Å². The van der Waals surface area contributed by atoms with Crippen LogP contribution in [-0.2, 0) is 53.2 Å². The summed E-state index contributed by atoms with van der Waals surface area (Å²) in [5.74, 6) is -4.94. The van der Waals surface area contributed by atoms with Crippen molar-refractivity contribution < 1.29 is 39.6 Å². The first-order chi connectivity index (χ1) is 54.9. The maximum Gasteiger partial charge on any atom is 0.257 e. The lowest BCUT2D eigenvalue weighted by Gasteiger charge is -2.22. The quantitative estimate of drug-likeness (QED) is 0.0860. The third-order valence-corrected chi connectivity index (χ3v) is 25.2. The molecule has 14 aromatic rings. The van der Waals surface area contributed by atoms with E-state index in [1.54, 1.807) is 18.2 Å². The molecule has 560 valence electrons. The second-order valence-corrected chi connectivity index (χ2v) is 32.1. The van der Waals surface area contributed by atoms with Gasteiger partial charge in [-0.05, 0) is 196 Å². The summed E-state index contributed by atoms with van der Waals surface area (Å²) in [5, 5.41) is 43.3. The number of nitrogens with one attached hydrogen (secondary N) is 2. The van der Waals surface area contributed by atoms with Crippen LogP contribution in [0, 0.1) is 5.92 Å². The number of carboxylic acid groups (broad SMARTS) is 4. The third kappa shape index (κ3) is 27.5. The summed E-state index contributed by atoms with van der Waals surface area (Å²) in [6.45, 7) is 1.64. The van der Waals surface area contributed by atoms with Gasteiger partial charge in [-0.25, -0.2) is 0 Å². The highest BCUT2D eigenvalue weighted by Crippen LogP contribution is 2.34. The first-order valence-electron chi connectivity index (χ1n) is 35.9. The molecule has 0 saturated carbocycles. The molecule has 0 bridgehead atoms. The van der Waals surface area contributed by atoms with Gasteiger partial charge in [-0.3, -0.25) is 14.8 Å². The second-order valence-electron chi connectivity index (χ2n) is 24.0. The Morgan fingerprint density at radius 2 is 0.598 bits per heavy atom. The fourth-order valence-electron chi connectivity index (χ4n) is 11.0. The summed E-state index contributed by atoms with van der Waals surface area (Å²) in [4.78, 5) is 76.4. The van der Waals surface area contributed by atoms with Crippen LogP contribution in [0.1, 0.15) is 40.1 Å². The molecule has 13 nitrogen and oxygen atoms in total. The zero-order chi connectivity index (χ0) is 78.6. The van der Waals surface area contributed by atoms with Gasteiger partial charge in [0.2, 0.25) is 0 Å². The molecule has 2 aliphatic rings. The molecule has 16 rings (SSSR count). The molecular formula is C95H82N4O9S4. The first kappa shape index (κ1) is 83.4. The van der Waals surface area contributed by atoms with Crippen molar-refractivity contribution in [2.24, 2.45) is 5.92 Å². The van der Waals surface area contributed by atoms with Gasteiger partial charge in [0.25, 0.3) is 5.56 Å². The Hall–Kier alpha value is -12.6. The van der Waals surface area contributed by atoms with Crippen LogP contribution in [0.25, 0.3) is 0 Å². The van der Waals surface area contributed by atoms with Crippen molar-refractivity contribution in [3.8, 4) is 0 Å². The van der Waals surface area contributed by atoms with E-state index in [4.69, 9.17) is 0 Å². The second kappa shape index (κ2) is 47.3. The Morgan fingerprint density at radius 3 is 0.750 bits per heavy atom. The van der Waals surface area contributed by atoms with Gasteiger partial charge in [0, 0.05) is 30.5 Å². The summed E-state index contributed by atoms with van der Waals surface area (Å²) < 4.78 is 0. The van der Waals surface area contributed by atoms with E-state index >= 15 is 0 Å². The maximum absolute atomic E-state index is 10.6. The van der Waals surface area contributed by atoms with Gasteiger partial charge >= 0.3 is 0 Å². The number of carbonyl (C=O) groups is 4. The molecule has 2 aromatic heterocycles. The first-order valence-corrected chi connectivity index (χ1v) is 40.8. The van der Waals surface area contributed by atoms with Crippen molar-refractivity contribution in [3.05, 3.63) is 446 Å². The lowest BCUT2D eigenvalue weighted by Crippen LogP contribution is -2.38. The molecule has 2 N–H and O–H groups in total. The normalized spacial score (nSPS) is 11.6. The molecule has 1 aliphatic carbocycles. The standard InChI is InChI=1S/4C18H15S.C6H5NO3.C6H11NO2.C6H6O2.C5H4N2O2/c4*1-4-10-16(11-5-1)19(17-12-6-2-7-13-17)18-14-8-3-9-15-18;8-5-4(6(9)10)2-1-3-7-5;8-6(9)5-1-3-7-4-2-5;7-6(8)5-3-1-2-4-5;8-5(9)4-3-6-1-2-7-4/h4*1-15H;1-3H,(H,7,8)(H,9,10);5,7H,1-4H2,(H,8,9);1,3-4H,2H2,(H,7,8);1-3H,(H,8,9)/q4*+1;;;;/p-4. The molecule has 12 aromatic carbocycles. The molecule has 1 fully saturated rings. The Bertz CT molecular complexity index is 4290. The minimum Gasteiger partial charge on any atom is -0.550 e. The van der Waals surface area contributed by atoms with E-state index < -0.39 is 29.4 Å². The predicted octanol–water partition coefficient (Wildman–Crippen LogP) is 15.1. The number of carboxylic acids is 4. The van der Waals surface area contributed by atoms with Crippen molar-refractivity contribution in [2.75, 3.05) is 13.1 Å². The molecule has 0 unspecified atom stereocenters. The van der Waals surface area contributed by atoms with Crippen LogP contribution < -0.4 is 31.3 Å². The van der Waals surface area contributed by atoms with E-state index in [0.29, 0.717) is 5.57 Å². The lowest BCUT2D eigenvalue weighted by atomic mass is 9.99. The fourth-order valence-corrected chi connectivity index (χ4v) is 19.4. The lowest BCUT2D eigenvalue weighted by molar-refractivity contribution is -0.312. The molecular weight excluding hydrogens is 1470 g/mol. The molecule has 3 heterocycles. The Morgan fingerprint density at radius 1 is 0.330 bits per heavy atom. The van der Waals surface area contributed by atoms with Gasteiger partial charge < -0.3 is 49.9 Å². The van der Waals surface area contributed by atoms with Gasteiger partial charge in [0.05, 0.1) is 73.2 Å². The van der Waals surface area contributed by atoms with Gasteiger partial charge in [0.1, 0.15) is 5.69 Å². The maximum atomic E-state index is 10.6. The minimum atomic E-state index is -1.46. The SMILES string of the molecule is O=C([O-])C1=CCC=C1.O=C([O-])C1CCNCC1.O=C([O-])c1ccc[nH]c1=O.O=C([O-])c1cnccn1.c1ccc([S+](c2ccccc2)c2ccccc2)cc1.c1ccc([S+](c2ccccc2)c2ccccc2)cc1.c1ccc([S+](c2ccccc2)c2ccccc2)cc1.c1ccc([S+](c2ccccc2)c2ccccc2)cc1. The number of piperidine rings is 1. The van der Waals surface area contributed by atoms with E-state index in [9.17, 15) is 44.4 Å². The highest BCUT2D eigenvalue weighted by molar-refractivity contribution is 7.98. The molecule has 0 amide bonds. The minimum absolute atomic E-state index is 0.0146. The zero-order valence-electron chi connectivity index (χ0n) is 61.2. The number of benzene rings is 12. The Balaban J connectivity index is 0.000000150. The monoisotopic (exact) mass is 1550 g/mol. The number of allylic oxidation sites excluding steroid dienone is 2. The topological polar surface area (TPSA) is 231 Å². The molecule has 1 saturated heterocycles. The number of pyridine rings is 1. The molecule has 0 spiro atoms. The Labute approximate surface area is 665 Å². The van der Waals surface area contributed by atoms with Gasteiger partial charge in [0.15, 0.2) is 58.7 Å². The number of aromatic carboxylic acids is 2. The number of H-pyrrole nitrogens is 1. The van der Waals surface area contributed by atoms with Crippen LogP contribution in [0.2, 0.25) is 0 Å². The van der Waals surface area contributed by atoms with Crippen LogP contribution in [0.4, 0.5) is 0 Å². The number of hydrogen-bond acceptors (Lipinski definition) is 12. The zero-order valence-corrected chi connectivity index (χ0v) is 64.4. The molecule has 1 aliphatic heterocycles. The van der Waals surface area contributed by atoms with Gasteiger partial charge in [-0.1, -0.05) is 237 Å². The van der Waals surface area contributed by atoms with Crippen LogP contribution >= 0.6 is 0 Å². The number of aromatic amines is 1. The summed E-state index contributed by atoms with van der Waals surface area (Å²) in [6.07, 6.45) is 12.3. The summed E-state index contributed by atoms with van der Waals surface area (Å²) in [6, 6.07) is 131. The van der Waals surface area contributed by atoms with Gasteiger partial charge in [-0.15, -0.1) is 0 Å². The number of carbonyl (C=O) groups excluding carboxylic acids is 4. The summed E-state index contributed by atoms with van der Waals surface area (Å²) >= 11 is 0. The summed E-state index contributed by atoms with van der Waals surface area (Å²) in [7, 11) is -0.0585. The number of hydrogen-bond donors (Lipinski definition) is 2. The van der Waals surface area contributed by atoms with Crippen molar-refractivity contribution >= 4 is 67.5 Å². The van der Waals surface area contributed by atoms with E-state index in [1.807, 2.05) is 0 Å². The van der Waals surface area contributed by atoms with E-state index in [2.05, 4.69) is 384 Å². The number of rotatable bonds is 16. The highest BCUT2D eigenvalue weighted by Gasteiger charge is 2.31. The summed E-state index contributed by atoms with van der Waals surface area (Å²) in [5.41, 5.74) is -0.826. The van der Waals surface area contributed by atoms with Crippen molar-refractivity contribution in [2.45, 2.75) is 78.0 Å². The van der Waals surface area contributed by atoms with Crippen LogP contribution in [0.3, 0.4) is 0 Å². The smallest absolute Gasteiger partial charge is 0.257 e. The van der Waals surface area contributed by atoms with Crippen LogP contribution in [0.15, 0.2) is 488 Å². The largest absolute Gasteiger partial charge is 0.550 e. The van der Waals surface area contributed by atoms with E-state index in [-0.39, 0.29) is 60.8 Å². The van der Waals surface area contributed by atoms with Crippen LogP contribution in [-0.4, -0.2) is 51.9 Å². The van der Waals surface area contributed by atoms with Crippen molar-refractivity contribution in [1.29, 1.82) is 0 Å². The predicted molar refractivity (Wildman–Crippen MR) is 441 cm³/mol. The Kier molecular flexibility index (Phi) is 35.3. The van der Waals surface area contributed by atoms with E-state index in [1.165, 1.54) is 89.5 Å². The van der Waals surface area contributed by atoms with Crippen molar-refractivity contribution in [3.63, 3.8) is 0 Å². The number of aromatic nitrogens is 3. The highest BCUT2D eigenvalue weighted by atomic mass is 32.2. The van der Waals surface area contributed by atoms with E-state index in [0.717, 1.165) is 38.5 Å². The molecule has 112 heavy (non-hydrogen) atoms. The molecule has 17 heteroatoms. The molecule has 0 radical (unpaired) electrons. The fraction of sp³-hybridized carbons (Fsp3) is 0.0632. The molecule has 0 atom stereocenters. The van der Waals surface area contributed by atoms with Crippen LogP contribution in [0.5, 0.6) is 0 Å².